The Hall–Kier alpha value is -7.83. The van der Waals surface area contributed by atoms with Gasteiger partial charge in [-0.1, -0.05) is 135 Å². The summed E-state index contributed by atoms with van der Waals surface area (Å²) in [4.78, 5) is 15.3. The Morgan fingerprint density at radius 3 is 1.65 bits per heavy atom. The van der Waals surface area contributed by atoms with E-state index in [0.29, 0.717) is 34.7 Å². The fourth-order valence-electron chi connectivity index (χ4n) is 9.18. The van der Waals surface area contributed by atoms with E-state index in [0.717, 1.165) is 39.3 Å². The number of aromatic nitrogens is 4. The van der Waals surface area contributed by atoms with Crippen LogP contribution in [0.2, 0.25) is 0 Å². The van der Waals surface area contributed by atoms with Gasteiger partial charge in [0.1, 0.15) is 0 Å². The minimum absolute atomic E-state index is 0.151. The van der Waals surface area contributed by atoms with Gasteiger partial charge in [-0.25, -0.2) is 15.0 Å². The van der Waals surface area contributed by atoms with Crippen LogP contribution in [0.1, 0.15) is 25.0 Å². The first-order valence-corrected chi connectivity index (χ1v) is 20.3. The Bertz CT molecular complexity index is 3300. The summed E-state index contributed by atoms with van der Waals surface area (Å²) < 4.78 is 15.5. The molecule has 2 aliphatic rings. The Morgan fingerprint density at radius 2 is 0.917 bits per heavy atom. The predicted molar refractivity (Wildman–Crippen MR) is 240 cm³/mol. The van der Waals surface area contributed by atoms with Crippen LogP contribution in [-0.4, -0.2) is 19.5 Å². The predicted octanol–water partition coefficient (Wildman–Crippen LogP) is 13.8. The Balaban J connectivity index is 0.932. The molecule has 0 unspecified atom stereocenters. The van der Waals surface area contributed by atoms with Crippen molar-refractivity contribution in [1.29, 1.82) is 0 Å². The highest BCUT2D eigenvalue weighted by Gasteiger charge is 2.37. The van der Waals surface area contributed by atoms with Crippen LogP contribution in [0.5, 0.6) is 23.0 Å². The number of hydrogen-bond donors (Lipinski definition) is 0. The van der Waals surface area contributed by atoms with Gasteiger partial charge < -0.3 is 14.0 Å². The Labute approximate surface area is 347 Å². The lowest BCUT2D eigenvalue weighted by atomic mass is 9.82. The molecule has 0 saturated carbocycles. The second kappa shape index (κ2) is 13.1. The normalized spacial score (nSPS) is 13.2. The average molecular weight is 773 g/mol. The van der Waals surface area contributed by atoms with Crippen molar-refractivity contribution in [2.24, 2.45) is 0 Å². The quantitative estimate of drug-likeness (QED) is 0.174. The van der Waals surface area contributed by atoms with Crippen molar-refractivity contribution in [3.63, 3.8) is 0 Å². The molecule has 10 aromatic rings. The van der Waals surface area contributed by atoms with E-state index in [1.54, 1.807) is 0 Å². The topological polar surface area (TPSA) is 62.1 Å². The van der Waals surface area contributed by atoms with E-state index < -0.39 is 0 Å². The third kappa shape index (κ3) is 5.31. The van der Waals surface area contributed by atoms with E-state index in [9.17, 15) is 0 Å². The first-order valence-electron chi connectivity index (χ1n) is 20.3. The lowest BCUT2D eigenvalue weighted by Gasteiger charge is -2.25. The molecule has 0 N–H and O–H groups in total. The van der Waals surface area contributed by atoms with Gasteiger partial charge in [-0.2, -0.15) is 0 Å². The van der Waals surface area contributed by atoms with Crippen LogP contribution in [0.4, 0.5) is 0 Å². The van der Waals surface area contributed by atoms with Gasteiger partial charge in [0.05, 0.1) is 11.0 Å². The van der Waals surface area contributed by atoms with Crippen LogP contribution in [0, 0.1) is 0 Å². The summed E-state index contributed by atoms with van der Waals surface area (Å²) in [5, 5.41) is 2.46. The van der Waals surface area contributed by atoms with E-state index in [1.807, 2.05) is 48.5 Å². The third-order valence-electron chi connectivity index (χ3n) is 12.1. The molecular formula is C54H36N4O2. The molecule has 2 aromatic heterocycles. The zero-order chi connectivity index (χ0) is 40.0. The van der Waals surface area contributed by atoms with E-state index in [4.69, 9.17) is 24.4 Å². The highest BCUT2D eigenvalue weighted by Crippen LogP contribution is 2.55. The maximum Gasteiger partial charge on any atom is 0.170 e. The van der Waals surface area contributed by atoms with Crippen molar-refractivity contribution in [2.75, 3.05) is 0 Å². The maximum atomic E-state index is 6.67. The van der Waals surface area contributed by atoms with Gasteiger partial charge >= 0.3 is 0 Å². The largest absolute Gasteiger partial charge is 0.449 e. The fourth-order valence-corrected chi connectivity index (χ4v) is 9.18. The second-order valence-electron chi connectivity index (χ2n) is 16.0. The smallest absolute Gasteiger partial charge is 0.170 e. The number of nitrogens with zero attached hydrogens (tertiary/aromatic N) is 4. The van der Waals surface area contributed by atoms with E-state index in [-0.39, 0.29) is 5.41 Å². The van der Waals surface area contributed by atoms with Crippen molar-refractivity contribution in [3.8, 4) is 85.1 Å². The van der Waals surface area contributed by atoms with Gasteiger partial charge in [-0.3, -0.25) is 0 Å². The highest BCUT2D eigenvalue weighted by atomic mass is 16.6. The van der Waals surface area contributed by atoms with Crippen LogP contribution in [-0.2, 0) is 5.41 Å². The van der Waals surface area contributed by atoms with Gasteiger partial charge in [0.25, 0.3) is 0 Å². The molecule has 0 amide bonds. The molecule has 0 saturated heterocycles. The summed E-state index contributed by atoms with van der Waals surface area (Å²) in [6.07, 6.45) is 0. The first-order chi connectivity index (χ1) is 29.5. The lowest BCUT2D eigenvalue weighted by Crippen LogP contribution is -2.15. The van der Waals surface area contributed by atoms with Gasteiger partial charge in [-0.15, -0.1) is 0 Å². The molecule has 6 nitrogen and oxygen atoms in total. The molecule has 0 bridgehead atoms. The average Bonchev–Trinajstić information content (AvgIpc) is 3.75. The second-order valence-corrected chi connectivity index (χ2v) is 16.0. The zero-order valence-electron chi connectivity index (χ0n) is 32.9. The van der Waals surface area contributed by atoms with Gasteiger partial charge in [-0.05, 0) is 94.0 Å². The molecule has 6 heteroatoms. The number of rotatable bonds is 5. The van der Waals surface area contributed by atoms with Crippen LogP contribution in [0.15, 0.2) is 182 Å². The molecule has 0 fully saturated rings. The van der Waals surface area contributed by atoms with Crippen LogP contribution < -0.4 is 9.47 Å². The minimum Gasteiger partial charge on any atom is -0.449 e. The number of para-hydroxylation sites is 2. The summed E-state index contributed by atoms with van der Waals surface area (Å²) in [5.41, 5.74) is 12.9. The Kier molecular flexibility index (Phi) is 7.47. The van der Waals surface area contributed by atoms with Crippen LogP contribution in [0.3, 0.4) is 0 Å². The van der Waals surface area contributed by atoms with Crippen molar-refractivity contribution in [1.82, 2.24) is 19.5 Å². The number of fused-ring (bicyclic) bond motifs is 8. The summed E-state index contributed by atoms with van der Waals surface area (Å²) in [7, 11) is 0. The molecule has 8 aromatic carbocycles. The molecule has 0 atom stereocenters. The van der Waals surface area contributed by atoms with E-state index >= 15 is 0 Å². The molecule has 12 rings (SSSR count). The fraction of sp³-hybridized carbons (Fsp3) is 0.0556. The molecule has 0 radical (unpaired) electrons. The third-order valence-corrected chi connectivity index (χ3v) is 12.1. The molecule has 0 spiro atoms. The van der Waals surface area contributed by atoms with Gasteiger partial charge in [0.15, 0.2) is 40.5 Å². The van der Waals surface area contributed by atoms with Crippen molar-refractivity contribution < 1.29 is 9.47 Å². The molecule has 284 valence electrons. The molecule has 1 aliphatic carbocycles. The molecular weight excluding hydrogens is 737 g/mol. The zero-order valence-corrected chi connectivity index (χ0v) is 32.9. The summed E-state index contributed by atoms with van der Waals surface area (Å²) in [6, 6.07) is 63.0. The molecule has 60 heavy (non-hydrogen) atoms. The van der Waals surface area contributed by atoms with Crippen molar-refractivity contribution in [3.05, 3.63) is 193 Å². The summed E-state index contributed by atoms with van der Waals surface area (Å²) in [5.74, 6) is 4.55. The summed E-state index contributed by atoms with van der Waals surface area (Å²) >= 11 is 0. The van der Waals surface area contributed by atoms with E-state index in [2.05, 4.69) is 152 Å². The van der Waals surface area contributed by atoms with E-state index in [1.165, 1.54) is 44.1 Å². The molecule has 1 aliphatic heterocycles. The van der Waals surface area contributed by atoms with Gasteiger partial charge in [0.2, 0.25) is 0 Å². The maximum absolute atomic E-state index is 6.67. The number of benzene rings is 8. The number of hydrogen-bond acceptors (Lipinski definition) is 5. The monoisotopic (exact) mass is 772 g/mol. The standard InChI is InChI=1S/C54H36N4O2/c1-54(2)43-21-11-8-17-38(43)42-31-49-50(32-44(42)54)60-48-30-35(26-29-47(48)59-49)37-16-6-7-20-41(37)53-56-51(33-14-4-3-5-15-33)55-52(57-53)34-24-27-36(28-25-34)58-45-22-12-9-18-39(45)40-19-10-13-23-46(40)58/h3-32H,1-2H3. The highest BCUT2D eigenvalue weighted by molar-refractivity contribution is 6.09. The van der Waals surface area contributed by atoms with Crippen LogP contribution >= 0.6 is 0 Å². The first kappa shape index (κ1) is 34.2. The van der Waals surface area contributed by atoms with Gasteiger partial charge in [0, 0.05) is 38.6 Å². The molecule has 3 heterocycles. The summed E-state index contributed by atoms with van der Waals surface area (Å²) in [6.45, 7) is 4.54. The Morgan fingerprint density at radius 1 is 0.383 bits per heavy atom. The number of ether oxygens (including phenoxy) is 2. The van der Waals surface area contributed by atoms with Crippen LogP contribution in [0.25, 0.3) is 83.9 Å². The van der Waals surface area contributed by atoms with Crippen molar-refractivity contribution >= 4 is 21.8 Å². The lowest BCUT2D eigenvalue weighted by molar-refractivity contribution is 0.359. The minimum atomic E-state index is -0.151. The SMILES string of the molecule is CC1(C)c2ccccc2-c2cc3c(cc21)Oc1cc(-c2ccccc2-c2nc(-c4ccccc4)nc(-c4ccc(-n5c6ccccc6c6ccccc65)cc4)n2)ccc1O3. The van der Waals surface area contributed by atoms with Crippen molar-refractivity contribution in [2.45, 2.75) is 19.3 Å².